The SMILES string of the molecule is O=C(CCNC(=O)NC1CCS(=O)(=O)C1)Nc1nc2ccccc2[nH]1. The van der Waals surface area contributed by atoms with Gasteiger partial charge in [0, 0.05) is 19.0 Å². The molecule has 1 fully saturated rings. The molecule has 1 saturated heterocycles. The summed E-state index contributed by atoms with van der Waals surface area (Å²) in [6, 6.07) is 6.56. The second-order valence-corrected chi connectivity index (χ2v) is 8.13. The first kappa shape index (κ1) is 17.2. The monoisotopic (exact) mass is 365 g/mol. The molecule has 4 N–H and O–H groups in total. The number of nitrogens with zero attached hydrogens (tertiary/aromatic N) is 1. The number of sulfone groups is 1. The van der Waals surface area contributed by atoms with E-state index in [0.717, 1.165) is 11.0 Å². The van der Waals surface area contributed by atoms with E-state index in [1.807, 2.05) is 24.3 Å². The molecule has 1 unspecified atom stereocenters. The van der Waals surface area contributed by atoms with Crippen LogP contribution in [-0.2, 0) is 14.6 Å². The van der Waals surface area contributed by atoms with E-state index in [1.54, 1.807) is 0 Å². The van der Waals surface area contributed by atoms with Gasteiger partial charge in [-0.1, -0.05) is 12.1 Å². The highest BCUT2D eigenvalue weighted by molar-refractivity contribution is 7.91. The third kappa shape index (κ3) is 4.69. The van der Waals surface area contributed by atoms with Gasteiger partial charge in [0.25, 0.3) is 0 Å². The highest BCUT2D eigenvalue weighted by atomic mass is 32.2. The molecule has 1 aromatic heterocycles. The van der Waals surface area contributed by atoms with Gasteiger partial charge in [-0.05, 0) is 18.6 Å². The zero-order valence-electron chi connectivity index (χ0n) is 13.4. The smallest absolute Gasteiger partial charge is 0.315 e. The number of carbonyl (C=O) groups excluding carboxylic acids is 2. The van der Waals surface area contributed by atoms with Crippen molar-refractivity contribution in [3.63, 3.8) is 0 Å². The van der Waals surface area contributed by atoms with Crippen molar-refractivity contribution in [2.75, 3.05) is 23.4 Å². The minimum atomic E-state index is -3.04. The largest absolute Gasteiger partial charge is 0.338 e. The predicted octanol–water partition coefficient (Wildman–Crippen LogP) is 0.378. The molecule has 0 radical (unpaired) electrons. The lowest BCUT2D eigenvalue weighted by Gasteiger charge is -2.11. The number of aromatic amines is 1. The summed E-state index contributed by atoms with van der Waals surface area (Å²) in [5, 5.41) is 7.77. The molecule has 0 saturated carbocycles. The molecule has 2 heterocycles. The molecule has 0 aliphatic carbocycles. The van der Waals surface area contributed by atoms with E-state index < -0.39 is 15.9 Å². The van der Waals surface area contributed by atoms with E-state index in [2.05, 4.69) is 25.9 Å². The topological polar surface area (TPSA) is 133 Å². The van der Waals surface area contributed by atoms with E-state index >= 15 is 0 Å². The quantitative estimate of drug-likeness (QED) is 0.608. The van der Waals surface area contributed by atoms with Gasteiger partial charge in [-0.25, -0.2) is 18.2 Å². The second kappa shape index (κ2) is 7.09. The van der Waals surface area contributed by atoms with Gasteiger partial charge >= 0.3 is 6.03 Å². The molecule has 9 nitrogen and oxygen atoms in total. The van der Waals surface area contributed by atoms with Gasteiger partial charge in [0.1, 0.15) is 0 Å². The Balaban J connectivity index is 1.39. The van der Waals surface area contributed by atoms with Crippen molar-refractivity contribution in [2.45, 2.75) is 18.9 Å². The van der Waals surface area contributed by atoms with Crippen molar-refractivity contribution in [2.24, 2.45) is 0 Å². The van der Waals surface area contributed by atoms with Crippen LogP contribution in [0.4, 0.5) is 10.7 Å². The van der Waals surface area contributed by atoms with E-state index in [9.17, 15) is 18.0 Å². The number of H-pyrrole nitrogens is 1. The Morgan fingerprint density at radius 3 is 2.80 bits per heavy atom. The fourth-order valence-corrected chi connectivity index (χ4v) is 4.31. The maximum atomic E-state index is 11.9. The summed E-state index contributed by atoms with van der Waals surface area (Å²) in [6.07, 6.45) is 0.496. The van der Waals surface area contributed by atoms with Crippen LogP contribution in [0.5, 0.6) is 0 Å². The normalized spacial score (nSPS) is 18.8. The summed E-state index contributed by atoms with van der Waals surface area (Å²) in [4.78, 5) is 30.8. The van der Waals surface area contributed by atoms with E-state index in [4.69, 9.17) is 0 Å². The first-order valence-corrected chi connectivity index (χ1v) is 9.73. The van der Waals surface area contributed by atoms with Crippen molar-refractivity contribution >= 4 is 38.8 Å². The maximum Gasteiger partial charge on any atom is 0.315 e. The number of urea groups is 1. The molecular formula is C15H19N5O4S. The van der Waals surface area contributed by atoms with Crippen LogP contribution in [0.1, 0.15) is 12.8 Å². The Morgan fingerprint density at radius 1 is 1.28 bits per heavy atom. The Morgan fingerprint density at radius 2 is 2.08 bits per heavy atom. The number of aromatic nitrogens is 2. The van der Waals surface area contributed by atoms with Crippen LogP contribution in [0.3, 0.4) is 0 Å². The summed E-state index contributed by atoms with van der Waals surface area (Å²) in [5.41, 5.74) is 1.57. The van der Waals surface area contributed by atoms with Crippen LogP contribution >= 0.6 is 0 Å². The number of carbonyl (C=O) groups is 2. The molecule has 134 valence electrons. The van der Waals surface area contributed by atoms with Crippen LogP contribution in [0.25, 0.3) is 11.0 Å². The number of benzene rings is 1. The third-order valence-corrected chi connectivity index (χ3v) is 5.62. The van der Waals surface area contributed by atoms with Crippen LogP contribution in [0.2, 0.25) is 0 Å². The fraction of sp³-hybridized carbons (Fsp3) is 0.400. The number of anilines is 1. The van der Waals surface area contributed by atoms with Crippen LogP contribution in [0.15, 0.2) is 24.3 Å². The Labute approximate surface area is 144 Å². The maximum absolute atomic E-state index is 11.9. The van der Waals surface area contributed by atoms with Gasteiger partial charge in [0.05, 0.1) is 22.5 Å². The predicted molar refractivity (Wildman–Crippen MR) is 92.9 cm³/mol. The summed E-state index contributed by atoms with van der Waals surface area (Å²) >= 11 is 0. The molecule has 0 spiro atoms. The van der Waals surface area contributed by atoms with Crippen molar-refractivity contribution in [3.8, 4) is 0 Å². The first-order chi connectivity index (χ1) is 11.9. The minimum absolute atomic E-state index is 0.0348. The van der Waals surface area contributed by atoms with Gasteiger partial charge in [0.2, 0.25) is 11.9 Å². The molecule has 3 amide bonds. The lowest BCUT2D eigenvalue weighted by atomic mass is 10.3. The summed E-state index contributed by atoms with van der Waals surface area (Å²) in [7, 11) is -3.04. The lowest BCUT2D eigenvalue weighted by Crippen LogP contribution is -2.43. The average Bonchev–Trinajstić information content (AvgIpc) is 3.09. The van der Waals surface area contributed by atoms with Crippen LogP contribution in [-0.4, -0.2) is 54.4 Å². The molecule has 1 atom stereocenters. The fourth-order valence-electron chi connectivity index (χ4n) is 2.64. The van der Waals surface area contributed by atoms with Crippen molar-refractivity contribution < 1.29 is 18.0 Å². The highest BCUT2D eigenvalue weighted by Gasteiger charge is 2.28. The zero-order chi connectivity index (χ0) is 17.9. The van der Waals surface area contributed by atoms with E-state index in [-0.39, 0.29) is 36.4 Å². The second-order valence-electron chi connectivity index (χ2n) is 5.90. The number of rotatable bonds is 5. The number of hydrogen-bond donors (Lipinski definition) is 4. The Hall–Kier alpha value is -2.62. The highest BCUT2D eigenvalue weighted by Crippen LogP contribution is 2.13. The zero-order valence-corrected chi connectivity index (χ0v) is 14.2. The number of hydrogen-bond acceptors (Lipinski definition) is 5. The number of amides is 3. The lowest BCUT2D eigenvalue weighted by molar-refractivity contribution is -0.116. The molecule has 1 aliphatic heterocycles. The molecule has 3 rings (SSSR count). The molecule has 1 aliphatic rings. The molecule has 2 aromatic rings. The van der Waals surface area contributed by atoms with Gasteiger partial charge in [-0.2, -0.15) is 0 Å². The van der Waals surface area contributed by atoms with Crippen molar-refractivity contribution in [1.29, 1.82) is 0 Å². The van der Waals surface area contributed by atoms with Crippen LogP contribution < -0.4 is 16.0 Å². The van der Waals surface area contributed by atoms with Gasteiger partial charge in [-0.15, -0.1) is 0 Å². The van der Waals surface area contributed by atoms with E-state index in [1.165, 1.54) is 0 Å². The molecule has 10 heteroatoms. The minimum Gasteiger partial charge on any atom is -0.338 e. The summed E-state index contributed by atoms with van der Waals surface area (Å²) in [6.45, 7) is 0.136. The van der Waals surface area contributed by atoms with Crippen molar-refractivity contribution in [3.05, 3.63) is 24.3 Å². The summed E-state index contributed by atoms with van der Waals surface area (Å²) < 4.78 is 22.7. The van der Waals surface area contributed by atoms with Crippen molar-refractivity contribution in [1.82, 2.24) is 20.6 Å². The van der Waals surface area contributed by atoms with Gasteiger partial charge < -0.3 is 15.6 Å². The molecule has 0 bridgehead atoms. The van der Waals surface area contributed by atoms with Crippen LogP contribution in [0, 0.1) is 0 Å². The Kier molecular flexibility index (Phi) is 4.88. The standard InChI is InChI=1S/C15H19N5O4S/c21-13(20-14-18-11-3-1-2-4-12(11)19-14)5-7-16-15(22)17-10-6-8-25(23,24)9-10/h1-4,10H,5-9H2,(H2,16,17,22)(H2,18,19,20,21). The number of para-hydroxylation sites is 2. The van der Waals surface area contributed by atoms with Gasteiger partial charge in [0.15, 0.2) is 9.84 Å². The third-order valence-electron chi connectivity index (χ3n) is 3.85. The average molecular weight is 365 g/mol. The number of imidazole rings is 1. The van der Waals surface area contributed by atoms with Gasteiger partial charge in [-0.3, -0.25) is 10.1 Å². The molecule has 1 aromatic carbocycles. The molecule has 25 heavy (non-hydrogen) atoms. The summed E-state index contributed by atoms with van der Waals surface area (Å²) in [5.74, 6) is 0.125. The number of fused-ring (bicyclic) bond motifs is 1. The molecular weight excluding hydrogens is 346 g/mol. The first-order valence-electron chi connectivity index (χ1n) is 7.91. The van der Waals surface area contributed by atoms with E-state index in [0.29, 0.717) is 12.4 Å². The Bertz CT molecular complexity index is 859. The number of nitrogens with one attached hydrogen (secondary N) is 4.